The molecular weight excluding hydrogens is 282 g/mol. The first-order valence-corrected chi connectivity index (χ1v) is 6.96. The van der Waals surface area contributed by atoms with Crippen LogP contribution in [0.1, 0.15) is 27.3 Å². The summed E-state index contributed by atoms with van der Waals surface area (Å²) in [4.78, 5) is 11.1. The zero-order valence-electron chi connectivity index (χ0n) is 13.6. The first kappa shape index (κ1) is 15.9. The summed E-state index contributed by atoms with van der Waals surface area (Å²) in [6, 6.07) is 5.72. The Morgan fingerprint density at radius 2 is 1.59 bits per heavy atom. The van der Waals surface area contributed by atoms with Crippen LogP contribution in [-0.2, 0) is 6.54 Å². The van der Waals surface area contributed by atoms with E-state index in [-0.39, 0.29) is 0 Å². The maximum absolute atomic E-state index is 11.1. The minimum atomic E-state index is 0.572. The highest BCUT2D eigenvalue weighted by Crippen LogP contribution is 2.38. The van der Waals surface area contributed by atoms with E-state index in [0.717, 1.165) is 23.2 Å². The lowest BCUT2D eigenvalue weighted by molar-refractivity contribution is 0.112. The second-order valence-corrected chi connectivity index (χ2v) is 5.06. The summed E-state index contributed by atoms with van der Waals surface area (Å²) in [5, 5.41) is 0. The molecule has 1 aromatic heterocycles. The average molecular weight is 303 g/mol. The first-order chi connectivity index (χ1) is 10.5. The Hall–Kier alpha value is -2.43. The summed E-state index contributed by atoms with van der Waals surface area (Å²) < 4.78 is 18.2. The van der Waals surface area contributed by atoms with Gasteiger partial charge in [-0.05, 0) is 37.6 Å². The molecule has 22 heavy (non-hydrogen) atoms. The van der Waals surface area contributed by atoms with Crippen molar-refractivity contribution in [1.29, 1.82) is 0 Å². The van der Waals surface area contributed by atoms with Crippen LogP contribution in [0.2, 0.25) is 0 Å². The second-order valence-electron chi connectivity index (χ2n) is 5.06. The number of carbonyl (C=O) groups is 1. The highest BCUT2D eigenvalue weighted by Gasteiger charge is 2.15. The third kappa shape index (κ3) is 2.79. The Morgan fingerprint density at radius 3 is 2.00 bits per heavy atom. The Kier molecular flexibility index (Phi) is 4.75. The maximum atomic E-state index is 11.1. The predicted octanol–water partition coefficient (Wildman–Crippen LogP) is 2.99. The van der Waals surface area contributed by atoms with E-state index in [0.29, 0.717) is 29.4 Å². The largest absolute Gasteiger partial charge is 0.493 e. The van der Waals surface area contributed by atoms with Crippen LogP contribution in [0.25, 0.3) is 0 Å². The molecule has 0 N–H and O–H groups in total. The van der Waals surface area contributed by atoms with Gasteiger partial charge in [0.2, 0.25) is 5.75 Å². The van der Waals surface area contributed by atoms with E-state index in [2.05, 4.69) is 4.57 Å². The molecule has 2 rings (SSSR count). The first-order valence-electron chi connectivity index (χ1n) is 6.96. The lowest BCUT2D eigenvalue weighted by Crippen LogP contribution is -2.05. The monoisotopic (exact) mass is 303 g/mol. The van der Waals surface area contributed by atoms with Crippen molar-refractivity contribution in [1.82, 2.24) is 4.57 Å². The molecule has 1 aromatic carbocycles. The smallest absolute Gasteiger partial charge is 0.203 e. The van der Waals surface area contributed by atoms with Crippen LogP contribution in [-0.4, -0.2) is 32.2 Å². The van der Waals surface area contributed by atoms with E-state index in [1.54, 1.807) is 21.3 Å². The number of benzene rings is 1. The van der Waals surface area contributed by atoms with E-state index in [1.807, 2.05) is 32.0 Å². The SMILES string of the molecule is COc1cc(Cn2c(C)cc(C=O)c2C)cc(OC)c1OC. The number of methoxy groups -OCH3 is 3. The van der Waals surface area contributed by atoms with Gasteiger partial charge in [0.05, 0.1) is 21.3 Å². The van der Waals surface area contributed by atoms with Crippen molar-refractivity contribution >= 4 is 6.29 Å². The van der Waals surface area contributed by atoms with Gasteiger partial charge in [0, 0.05) is 23.5 Å². The van der Waals surface area contributed by atoms with Crippen molar-refractivity contribution in [2.24, 2.45) is 0 Å². The van der Waals surface area contributed by atoms with E-state index in [9.17, 15) is 4.79 Å². The van der Waals surface area contributed by atoms with Gasteiger partial charge in [-0.1, -0.05) is 0 Å². The zero-order chi connectivity index (χ0) is 16.3. The van der Waals surface area contributed by atoms with E-state index < -0.39 is 0 Å². The molecule has 0 saturated carbocycles. The van der Waals surface area contributed by atoms with Gasteiger partial charge in [-0.15, -0.1) is 0 Å². The number of aldehydes is 1. The molecule has 0 aliphatic carbocycles. The van der Waals surface area contributed by atoms with Crippen LogP contribution >= 0.6 is 0 Å². The fourth-order valence-corrected chi connectivity index (χ4v) is 2.60. The van der Waals surface area contributed by atoms with E-state index in [1.165, 1.54) is 0 Å². The number of carbonyl (C=O) groups excluding carboxylic acids is 1. The summed E-state index contributed by atoms with van der Waals surface area (Å²) in [6.07, 6.45) is 0.883. The Bertz CT molecular complexity index is 663. The van der Waals surface area contributed by atoms with Crippen molar-refractivity contribution in [2.75, 3.05) is 21.3 Å². The molecule has 0 fully saturated rings. The molecule has 0 unspecified atom stereocenters. The zero-order valence-corrected chi connectivity index (χ0v) is 13.6. The van der Waals surface area contributed by atoms with E-state index in [4.69, 9.17) is 14.2 Å². The Morgan fingerprint density at radius 1 is 1.00 bits per heavy atom. The summed E-state index contributed by atoms with van der Waals surface area (Å²) >= 11 is 0. The Labute approximate surface area is 130 Å². The molecule has 2 aromatic rings. The van der Waals surface area contributed by atoms with Gasteiger partial charge in [0.15, 0.2) is 17.8 Å². The number of aryl methyl sites for hydroxylation is 1. The van der Waals surface area contributed by atoms with Crippen LogP contribution in [0.5, 0.6) is 17.2 Å². The minimum Gasteiger partial charge on any atom is -0.493 e. The van der Waals surface area contributed by atoms with Gasteiger partial charge in [-0.3, -0.25) is 4.79 Å². The molecule has 0 radical (unpaired) electrons. The topological polar surface area (TPSA) is 49.7 Å². The fourth-order valence-electron chi connectivity index (χ4n) is 2.60. The second kappa shape index (κ2) is 6.56. The number of rotatable bonds is 6. The van der Waals surface area contributed by atoms with Gasteiger partial charge in [-0.25, -0.2) is 0 Å². The van der Waals surface area contributed by atoms with Crippen LogP contribution in [0, 0.1) is 13.8 Å². The molecule has 0 saturated heterocycles. The van der Waals surface area contributed by atoms with Gasteiger partial charge in [0.25, 0.3) is 0 Å². The molecule has 118 valence electrons. The normalized spacial score (nSPS) is 10.4. The van der Waals surface area contributed by atoms with Crippen LogP contribution in [0.15, 0.2) is 18.2 Å². The summed E-state index contributed by atoms with van der Waals surface area (Å²) in [5.41, 5.74) is 3.70. The van der Waals surface area contributed by atoms with Gasteiger partial charge < -0.3 is 18.8 Å². The molecule has 0 atom stereocenters. The number of ether oxygens (including phenoxy) is 3. The average Bonchev–Trinajstić information content (AvgIpc) is 2.81. The molecule has 1 heterocycles. The number of nitrogens with zero attached hydrogens (tertiary/aromatic N) is 1. The maximum Gasteiger partial charge on any atom is 0.203 e. The summed E-state index contributed by atoms with van der Waals surface area (Å²) in [7, 11) is 4.77. The minimum absolute atomic E-state index is 0.572. The lowest BCUT2D eigenvalue weighted by atomic mass is 10.1. The number of aromatic nitrogens is 1. The molecule has 0 aliphatic rings. The van der Waals surface area contributed by atoms with Crippen molar-refractivity contribution in [3.05, 3.63) is 40.7 Å². The Balaban J connectivity index is 2.46. The predicted molar refractivity (Wildman–Crippen MR) is 84.5 cm³/mol. The highest BCUT2D eigenvalue weighted by molar-refractivity contribution is 5.77. The highest BCUT2D eigenvalue weighted by atomic mass is 16.5. The van der Waals surface area contributed by atoms with E-state index >= 15 is 0 Å². The lowest BCUT2D eigenvalue weighted by Gasteiger charge is -2.16. The third-order valence-corrected chi connectivity index (χ3v) is 3.80. The number of hydrogen-bond donors (Lipinski definition) is 0. The van der Waals surface area contributed by atoms with Crippen LogP contribution in [0.4, 0.5) is 0 Å². The quantitative estimate of drug-likeness (QED) is 0.770. The van der Waals surface area contributed by atoms with Gasteiger partial charge >= 0.3 is 0 Å². The van der Waals surface area contributed by atoms with Crippen molar-refractivity contribution in [2.45, 2.75) is 20.4 Å². The van der Waals surface area contributed by atoms with Crippen LogP contribution in [0.3, 0.4) is 0 Å². The third-order valence-electron chi connectivity index (χ3n) is 3.80. The van der Waals surface area contributed by atoms with Crippen LogP contribution < -0.4 is 14.2 Å². The van der Waals surface area contributed by atoms with Crippen molar-refractivity contribution in [3.63, 3.8) is 0 Å². The molecular formula is C17H21NO4. The fraction of sp³-hybridized carbons (Fsp3) is 0.353. The standard InChI is InChI=1S/C17H21NO4/c1-11-6-14(10-19)12(2)18(11)9-13-7-15(20-3)17(22-5)16(8-13)21-4/h6-8,10H,9H2,1-5H3. The molecule has 0 aliphatic heterocycles. The number of hydrogen-bond acceptors (Lipinski definition) is 4. The van der Waals surface area contributed by atoms with Crippen molar-refractivity contribution in [3.8, 4) is 17.2 Å². The van der Waals surface area contributed by atoms with Gasteiger partial charge in [-0.2, -0.15) is 0 Å². The summed E-state index contributed by atoms with van der Waals surface area (Å²) in [6.45, 7) is 4.55. The molecule has 0 bridgehead atoms. The molecule has 0 amide bonds. The molecule has 5 nitrogen and oxygen atoms in total. The molecule has 0 spiro atoms. The molecule has 5 heteroatoms. The summed E-state index contributed by atoms with van der Waals surface area (Å²) in [5.74, 6) is 1.81. The van der Waals surface area contributed by atoms with Gasteiger partial charge in [0.1, 0.15) is 0 Å². The van der Waals surface area contributed by atoms with Crippen molar-refractivity contribution < 1.29 is 19.0 Å².